The minimum absolute atomic E-state index is 0.128. The van der Waals surface area contributed by atoms with Crippen LogP contribution in [0.1, 0.15) is 30.1 Å². The largest absolute Gasteiger partial charge is 0.496 e. The molecule has 0 bridgehead atoms. The Labute approximate surface area is 168 Å². The van der Waals surface area contributed by atoms with Gasteiger partial charge in [-0.2, -0.15) is 0 Å². The van der Waals surface area contributed by atoms with Crippen molar-refractivity contribution in [3.8, 4) is 17.2 Å². The van der Waals surface area contributed by atoms with Gasteiger partial charge in [-0.1, -0.05) is 43.3 Å². The van der Waals surface area contributed by atoms with E-state index >= 15 is 0 Å². The van der Waals surface area contributed by atoms with Gasteiger partial charge in [0.25, 0.3) is 5.75 Å². The molecule has 0 radical (unpaired) electrons. The Bertz CT molecular complexity index is 1070. The molecule has 6 heteroatoms. The molecule has 0 fully saturated rings. The van der Waals surface area contributed by atoms with Gasteiger partial charge in [0.1, 0.15) is 16.7 Å². The van der Waals surface area contributed by atoms with Crippen molar-refractivity contribution in [1.29, 1.82) is 0 Å². The number of rotatable bonds is 8. The molecule has 0 amide bonds. The van der Waals surface area contributed by atoms with Gasteiger partial charge in [0, 0.05) is 0 Å². The second-order valence-corrected chi connectivity index (χ2v) is 6.15. The third-order valence-corrected chi connectivity index (χ3v) is 4.17. The quantitative estimate of drug-likeness (QED) is 0.237. The van der Waals surface area contributed by atoms with Gasteiger partial charge >= 0.3 is 11.6 Å². The van der Waals surface area contributed by atoms with Crippen LogP contribution in [0.5, 0.6) is 17.2 Å². The summed E-state index contributed by atoms with van der Waals surface area (Å²) in [6.45, 7) is 2.34. The number of esters is 1. The number of allylic oxidation sites excluding steroid dienone is 1. The summed E-state index contributed by atoms with van der Waals surface area (Å²) in [4.78, 5) is 25.1. The Kier molecular flexibility index (Phi) is 6.68. The zero-order chi connectivity index (χ0) is 20.6. The number of ether oxygens (including phenoxy) is 3. The van der Waals surface area contributed by atoms with Crippen LogP contribution in [0, 0.1) is 0 Å². The van der Waals surface area contributed by atoms with E-state index in [1.807, 2.05) is 19.1 Å². The zero-order valence-corrected chi connectivity index (χ0v) is 16.3. The van der Waals surface area contributed by atoms with Crippen LogP contribution in [-0.4, -0.2) is 19.7 Å². The van der Waals surface area contributed by atoms with Crippen molar-refractivity contribution < 1.29 is 23.4 Å². The average Bonchev–Trinajstić information content (AvgIpc) is 2.75. The molecule has 0 spiro atoms. The highest BCUT2D eigenvalue weighted by Gasteiger charge is 2.23. The lowest BCUT2D eigenvalue weighted by atomic mass is 10.2. The molecule has 0 unspecified atom stereocenters. The van der Waals surface area contributed by atoms with E-state index in [4.69, 9.17) is 18.6 Å². The van der Waals surface area contributed by atoms with E-state index in [1.165, 1.54) is 7.11 Å². The summed E-state index contributed by atoms with van der Waals surface area (Å²) in [5.41, 5.74) is -0.203. The van der Waals surface area contributed by atoms with Crippen LogP contribution in [0.4, 0.5) is 0 Å². The highest BCUT2D eigenvalue weighted by Crippen LogP contribution is 2.39. The van der Waals surface area contributed by atoms with Gasteiger partial charge in [-0.15, -0.1) is 0 Å². The molecule has 150 valence electrons. The van der Waals surface area contributed by atoms with Crippen LogP contribution in [-0.2, 0) is 0 Å². The fraction of sp³-hybridized carbons (Fsp3) is 0.217. The molecular formula is C23H22O6. The molecule has 1 aromatic heterocycles. The standard InChI is InChI=1S/C23H22O6/c1-3-4-5-9-15-27-20-19-17(26-2)13-10-14-18(19)28-23(25)21(20)29-22(24)16-11-7-6-8-12-16/h4-8,10-14H,3,9,15H2,1-2H3. The van der Waals surface area contributed by atoms with Gasteiger partial charge in [-0.3, -0.25) is 0 Å². The first kappa shape index (κ1) is 20.2. The smallest absolute Gasteiger partial charge is 0.383 e. The summed E-state index contributed by atoms with van der Waals surface area (Å²) >= 11 is 0. The number of hydrogen-bond acceptors (Lipinski definition) is 6. The van der Waals surface area contributed by atoms with Crippen molar-refractivity contribution in [1.82, 2.24) is 0 Å². The first-order chi connectivity index (χ1) is 14.2. The van der Waals surface area contributed by atoms with Crippen LogP contribution in [0.15, 0.2) is 69.9 Å². The van der Waals surface area contributed by atoms with Crippen molar-refractivity contribution >= 4 is 16.9 Å². The SMILES string of the molecule is CCC=CCCOc1c(OC(=O)c2ccccc2)c(=O)oc2cccc(OC)c12. The van der Waals surface area contributed by atoms with E-state index in [9.17, 15) is 9.59 Å². The molecule has 0 saturated heterocycles. The second kappa shape index (κ2) is 9.59. The Morgan fingerprint density at radius 2 is 1.83 bits per heavy atom. The number of benzene rings is 2. The Balaban J connectivity index is 2.05. The van der Waals surface area contributed by atoms with Crippen LogP contribution >= 0.6 is 0 Å². The minimum atomic E-state index is -0.797. The topological polar surface area (TPSA) is 75.0 Å². The Hall–Kier alpha value is -3.54. The highest BCUT2D eigenvalue weighted by atomic mass is 16.6. The van der Waals surface area contributed by atoms with Crippen molar-refractivity contribution in [2.45, 2.75) is 19.8 Å². The summed E-state index contributed by atoms with van der Waals surface area (Å²) in [5, 5.41) is 0.435. The lowest BCUT2D eigenvalue weighted by Crippen LogP contribution is -2.16. The van der Waals surface area contributed by atoms with E-state index in [-0.39, 0.29) is 17.1 Å². The van der Waals surface area contributed by atoms with Gasteiger partial charge in [-0.25, -0.2) is 9.59 Å². The fourth-order valence-electron chi connectivity index (χ4n) is 2.81. The van der Waals surface area contributed by atoms with Crippen LogP contribution in [0.3, 0.4) is 0 Å². The number of fused-ring (bicyclic) bond motifs is 1. The predicted molar refractivity (Wildman–Crippen MR) is 110 cm³/mol. The summed E-state index contributed by atoms with van der Waals surface area (Å²) < 4.78 is 22.0. The molecule has 1 heterocycles. The Morgan fingerprint density at radius 1 is 1.03 bits per heavy atom. The molecular weight excluding hydrogens is 372 g/mol. The number of carbonyl (C=O) groups excluding carboxylic acids is 1. The van der Waals surface area contributed by atoms with E-state index < -0.39 is 11.6 Å². The number of carbonyl (C=O) groups is 1. The van der Waals surface area contributed by atoms with Crippen molar-refractivity contribution in [3.05, 3.63) is 76.7 Å². The molecule has 0 saturated carbocycles. The molecule has 0 aliphatic rings. The number of hydrogen-bond donors (Lipinski definition) is 0. The molecule has 3 rings (SSSR count). The third-order valence-electron chi connectivity index (χ3n) is 4.17. The maximum atomic E-state index is 12.6. The van der Waals surface area contributed by atoms with E-state index in [2.05, 4.69) is 0 Å². The van der Waals surface area contributed by atoms with E-state index in [0.717, 1.165) is 6.42 Å². The van der Waals surface area contributed by atoms with Crippen LogP contribution in [0.25, 0.3) is 11.0 Å². The van der Waals surface area contributed by atoms with Gasteiger partial charge in [0.2, 0.25) is 0 Å². The Morgan fingerprint density at radius 3 is 2.55 bits per heavy atom. The molecule has 29 heavy (non-hydrogen) atoms. The third kappa shape index (κ3) is 4.66. The van der Waals surface area contributed by atoms with Crippen molar-refractivity contribution in [2.75, 3.05) is 13.7 Å². The molecule has 0 aliphatic carbocycles. The predicted octanol–water partition coefficient (Wildman–Crippen LogP) is 4.76. The molecule has 3 aromatic rings. The monoisotopic (exact) mass is 394 g/mol. The summed E-state index contributed by atoms with van der Waals surface area (Å²) in [7, 11) is 1.50. The van der Waals surface area contributed by atoms with Crippen LogP contribution in [0.2, 0.25) is 0 Å². The number of methoxy groups -OCH3 is 1. The van der Waals surface area contributed by atoms with Gasteiger partial charge < -0.3 is 18.6 Å². The first-order valence-electron chi connectivity index (χ1n) is 9.34. The summed E-state index contributed by atoms with van der Waals surface area (Å²) in [5.74, 6) is -0.400. The lowest BCUT2D eigenvalue weighted by Gasteiger charge is -2.14. The minimum Gasteiger partial charge on any atom is -0.496 e. The van der Waals surface area contributed by atoms with Gasteiger partial charge in [0.05, 0.1) is 19.3 Å². The van der Waals surface area contributed by atoms with Gasteiger partial charge in [0.15, 0.2) is 5.75 Å². The fourth-order valence-corrected chi connectivity index (χ4v) is 2.81. The van der Waals surface area contributed by atoms with Crippen LogP contribution < -0.4 is 19.8 Å². The summed E-state index contributed by atoms with van der Waals surface area (Å²) in [6.07, 6.45) is 5.57. The molecule has 0 aliphatic heterocycles. The van der Waals surface area contributed by atoms with Crippen molar-refractivity contribution in [3.63, 3.8) is 0 Å². The first-order valence-corrected chi connectivity index (χ1v) is 9.34. The molecule has 6 nitrogen and oxygen atoms in total. The maximum Gasteiger partial charge on any atom is 0.383 e. The van der Waals surface area contributed by atoms with Crippen molar-refractivity contribution in [2.24, 2.45) is 0 Å². The summed E-state index contributed by atoms with van der Waals surface area (Å²) in [6, 6.07) is 13.4. The maximum absolute atomic E-state index is 12.6. The van der Waals surface area contributed by atoms with E-state index in [1.54, 1.807) is 48.5 Å². The average molecular weight is 394 g/mol. The molecule has 0 N–H and O–H groups in total. The lowest BCUT2D eigenvalue weighted by molar-refractivity contribution is 0.0721. The zero-order valence-electron chi connectivity index (χ0n) is 16.3. The normalized spacial score (nSPS) is 11.0. The second-order valence-electron chi connectivity index (χ2n) is 6.15. The molecule has 2 aromatic carbocycles. The van der Waals surface area contributed by atoms with E-state index in [0.29, 0.717) is 29.7 Å². The molecule has 0 atom stereocenters. The highest BCUT2D eigenvalue weighted by molar-refractivity contribution is 5.95. The van der Waals surface area contributed by atoms with Gasteiger partial charge in [-0.05, 0) is 37.1 Å².